The fourth-order valence-electron chi connectivity index (χ4n) is 3.27. The van der Waals surface area contributed by atoms with Gasteiger partial charge in [-0.05, 0) is 25.7 Å². The van der Waals surface area contributed by atoms with E-state index in [1.807, 2.05) is 16.7 Å². The van der Waals surface area contributed by atoms with Crippen LogP contribution in [0, 0.1) is 0 Å². The van der Waals surface area contributed by atoms with E-state index in [9.17, 15) is 4.79 Å². The van der Waals surface area contributed by atoms with Crippen LogP contribution in [-0.2, 0) is 14.3 Å². The van der Waals surface area contributed by atoms with Gasteiger partial charge < -0.3 is 19.7 Å². The maximum Gasteiger partial charge on any atom is 0.240 e. The van der Waals surface area contributed by atoms with Crippen LogP contribution in [0.5, 0.6) is 0 Å². The summed E-state index contributed by atoms with van der Waals surface area (Å²) < 4.78 is 11.5. The SMILES string of the molecule is O=C(C1CSCCN1)N(CC1CCCO1)CC1CCCO1. The van der Waals surface area contributed by atoms with Gasteiger partial charge in [0.25, 0.3) is 0 Å². The molecule has 3 heterocycles. The largest absolute Gasteiger partial charge is 0.376 e. The second kappa shape index (κ2) is 7.81. The molecule has 1 amide bonds. The summed E-state index contributed by atoms with van der Waals surface area (Å²) in [5.74, 6) is 2.21. The summed E-state index contributed by atoms with van der Waals surface area (Å²) >= 11 is 1.86. The highest BCUT2D eigenvalue weighted by Gasteiger charge is 2.31. The predicted molar refractivity (Wildman–Crippen MR) is 83.6 cm³/mol. The van der Waals surface area contributed by atoms with Gasteiger partial charge in [-0.25, -0.2) is 0 Å². The van der Waals surface area contributed by atoms with Crippen molar-refractivity contribution in [1.82, 2.24) is 10.2 Å². The van der Waals surface area contributed by atoms with Gasteiger partial charge in [0, 0.05) is 44.4 Å². The van der Waals surface area contributed by atoms with E-state index in [0.717, 1.165) is 70.0 Å². The highest BCUT2D eigenvalue weighted by atomic mass is 32.2. The summed E-state index contributed by atoms with van der Waals surface area (Å²) in [5, 5.41) is 3.36. The van der Waals surface area contributed by atoms with Crippen LogP contribution < -0.4 is 5.32 Å². The molecule has 3 saturated heterocycles. The highest BCUT2D eigenvalue weighted by Crippen LogP contribution is 2.19. The quantitative estimate of drug-likeness (QED) is 0.816. The molecular formula is C15H26N2O3S. The third kappa shape index (κ3) is 4.34. The second-order valence-corrected chi connectivity index (χ2v) is 7.24. The first-order valence-corrected chi connectivity index (χ1v) is 9.31. The third-order valence-corrected chi connectivity index (χ3v) is 5.49. The molecule has 3 atom stereocenters. The molecule has 0 aromatic heterocycles. The summed E-state index contributed by atoms with van der Waals surface area (Å²) in [6.45, 7) is 4.05. The highest BCUT2D eigenvalue weighted by molar-refractivity contribution is 7.99. The first-order valence-electron chi connectivity index (χ1n) is 8.16. The Morgan fingerprint density at radius 1 is 1.14 bits per heavy atom. The summed E-state index contributed by atoms with van der Waals surface area (Å²) in [7, 11) is 0. The number of hydrogen-bond donors (Lipinski definition) is 1. The van der Waals surface area contributed by atoms with Crippen molar-refractivity contribution in [2.24, 2.45) is 0 Å². The maximum absolute atomic E-state index is 12.8. The molecule has 1 N–H and O–H groups in total. The molecule has 120 valence electrons. The molecule has 0 aliphatic carbocycles. The van der Waals surface area contributed by atoms with E-state index in [1.54, 1.807) is 0 Å². The molecule has 21 heavy (non-hydrogen) atoms. The van der Waals surface area contributed by atoms with Crippen molar-refractivity contribution in [1.29, 1.82) is 0 Å². The molecule has 3 aliphatic rings. The van der Waals surface area contributed by atoms with Gasteiger partial charge in [0.1, 0.15) is 0 Å². The molecule has 0 spiro atoms. The van der Waals surface area contributed by atoms with Crippen LogP contribution in [-0.4, -0.2) is 73.4 Å². The van der Waals surface area contributed by atoms with Crippen LogP contribution in [0.15, 0.2) is 0 Å². The van der Waals surface area contributed by atoms with Crippen molar-refractivity contribution in [3.8, 4) is 0 Å². The van der Waals surface area contributed by atoms with Crippen LogP contribution >= 0.6 is 11.8 Å². The lowest BCUT2D eigenvalue weighted by molar-refractivity contribution is -0.136. The van der Waals surface area contributed by atoms with E-state index >= 15 is 0 Å². The Hall–Kier alpha value is -0.300. The van der Waals surface area contributed by atoms with E-state index in [2.05, 4.69) is 5.32 Å². The Morgan fingerprint density at radius 2 is 1.81 bits per heavy atom. The number of ether oxygens (including phenoxy) is 2. The van der Waals surface area contributed by atoms with Crippen molar-refractivity contribution in [3.63, 3.8) is 0 Å². The van der Waals surface area contributed by atoms with Crippen LogP contribution in [0.2, 0.25) is 0 Å². The van der Waals surface area contributed by atoms with Gasteiger partial charge in [-0.2, -0.15) is 11.8 Å². The average molecular weight is 314 g/mol. The molecule has 0 bridgehead atoms. The Labute approximate surface area is 131 Å². The summed E-state index contributed by atoms with van der Waals surface area (Å²) in [4.78, 5) is 14.8. The van der Waals surface area contributed by atoms with E-state index in [1.165, 1.54) is 0 Å². The number of carbonyl (C=O) groups is 1. The van der Waals surface area contributed by atoms with Crippen molar-refractivity contribution in [2.75, 3.05) is 44.4 Å². The number of hydrogen-bond acceptors (Lipinski definition) is 5. The summed E-state index contributed by atoms with van der Waals surface area (Å²) in [5.41, 5.74) is 0. The Kier molecular flexibility index (Phi) is 5.80. The zero-order chi connectivity index (χ0) is 14.5. The maximum atomic E-state index is 12.8. The summed E-state index contributed by atoms with van der Waals surface area (Å²) in [6, 6.07) is -0.0356. The average Bonchev–Trinajstić information content (AvgIpc) is 3.20. The van der Waals surface area contributed by atoms with Crippen molar-refractivity contribution in [2.45, 2.75) is 43.9 Å². The lowest BCUT2D eigenvalue weighted by Crippen LogP contribution is -2.53. The van der Waals surface area contributed by atoms with Gasteiger partial charge in [0.2, 0.25) is 5.91 Å². The number of rotatable bonds is 5. The topological polar surface area (TPSA) is 50.8 Å². The molecule has 0 aromatic rings. The second-order valence-electron chi connectivity index (χ2n) is 6.09. The lowest BCUT2D eigenvalue weighted by Gasteiger charge is -2.32. The van der Waals surface area contributed by atoms with Gasteiger partial charge in [0.05, 0.1) is 18.2 Å². The zero-order valence-corrected chi connectivity index (χ0v) is 13.4. The van der Waals surface area contributed by atoms with Gasteiger partial charge >= 0.3 is 0 Å². The number of thioether (sulfide) groups is 1. The molecule has 6 heteroatoms. The first kappa shape index (κ1) is 15.6. The van der Waals surface area contributed by atoms with Crippen LogP contribution in [0.4, 0.5) is 0 Å². The predicted octanol–water partition coefficient (Wildman–Crippen LogP) is 0.878. The molecule has 0 radical (unpaired) electrons. The fourth-order valence-corrected chi connectivity index (χ4v) is 4.19. The number of amides is 1. The number of nitrogens with zero attached hydrogens (tertiary/aromatic N) is 1. The Morgan fingerprint density at radius 3 is 2.29 bits per heavy atom. The minimum absolute atomic E-state index is 0.0356. The smallest absolute Gasteiger partial charge is 0.240 e. The summed E-state index contributed by atoms with van der Waals surface area (Å²) in [6.07, 6.45) is 4.80. The van der Waals surface area contributed by atoms with Gasteiger partial charge in [0.15, 0.2) is 0 Å². The zero-order valence-electron chi connectivity index (χ0n) is 12.6. The van der Waals surface area contributed by atoms with Crippen molar-refractivity contribution >= 4 is 17.7 Å². The Bertz CT molecular complexity index is 320. The molecule has 3 unspecified atom stereocenters. The molecular weight excluding hydrogens is 288 g/mol. The van der Waals surface area contributed by atoms with Crippen LogP contribution in [0.3, 0.4) is 0 Å². The molecule has 3 aliphatic heterocycles. The van der Waals surface area contributed by atoms with Crippen molar-refractivity contribution < 1.29 is 14.3 Å². The third-order valence-electron chi connectivity index (χ3n) is 4.43. The molecule has 3 rings (SSSR count). The Balaban J connectivity index is 1.59. The lowest BCUT2D eigenvalue weighted by atomic mass is 10.1. The molecule has 3 fully saturated rings. The van der Waals surface area contributed by atoms with Gasteiger partial charge in [-0.15, -0.1) is 0 Å². The minimum atomic E-state index is -0.0356. The normalized spacial score (nSPS) is 33.2. The van der Waals surface area contributed by atoms with E-state index in [0.29, 0.717) is 0 Å². The molecule has 0 saturated carbocycles. The monoisotopic (exact) mass is 314 g/mol. The van der Waals surface area contributed by atoms with Crippen molar-refractivity contribution in [3.05, 3.63) is 0 Å². The number of nitrogens with one attached hydrogen (secondary N) is 1. The van der Waals surface area contributed by atoms with E-state index < -0.39 is 0 Å². The van der Waals surface area contributed by atoms with Crippen LogP contribution in [0.25, 0.3) is 0 Å². The van der Waals surface area contributed by atoms with Gasteiger partial charge in [-0.1, -0.05) is 0 Å². The standard InChI is InChI=1S/C15H26N2O3S/c18-15(14-11-21-8-5-16-14)17(9-12-3-1-6-19-12)10-13-4-2-7-20-13/h12-14,16H,1-11H2. The first-order chi connectivity index (χ1) is 10.3. The fraction of sp³-hybridized carbons (Fsp3) is 0.933. The van der Waals surface area contributed by atoms with E-state index in [4.69, 9.17) is 9.47 Å². The minimum Gasteiger partial charge on any atom is -0.376 e. The van der Waals surface area contributed by atoms with E-state index in [-0.39, 0.29) is 24.2 Å². The number of carbonyl (C=O) groups excluding carboxylic acids is 1. The molecule has 5 nitrogen and oxygen atoms in total. The molecule has 0 aromatic carbocycles. The van der Waals surface area contributed by atoms with Gasteiger partial charge in [-0.3, -0.25) is 4.79 Å². The van der Waals surface area contributed by atoms with Crippen LogP contribution in [0.1, 0.15) is 25.7 Å².